The van der Waals surface area contributed by atoms with E-state index < -0.39 is 6.10 Å². The van der Waals surface area contributed by atoms with Crippen molar-refractivity contribution in [3.05, 3.63) is 28.2 Å². The van der Waals surface area contributed by atoms with Gasteiger partial charge in [-0.25, -0.2) is 0 Å². The molecule has 0 bridgehead atoms. The largest absolute Gasteiger partial charge is 0.493 e. The topological polar surface area (TPSA) is 47.9 Å². The predicted molar refractivity (Wildman–Crippen MR) is 70.8 cm³/mol. The van der Waals surface area contributed by atoms with Crippen molar-refractivity contribution in [3.8, 4) is 5.75 Å². The molecule has 1 saturated heterocycles. The number of halogens is 1. The van der Waals surface area contributed by atoms with Crippen molar-refractivity contribution in [2.75, 3.05) is 26.4 Å². The highest BCUT2D eigenvalue weighted by Crippen LogP contribution is 2.32. The molecule has 100 valence electrons. The first-order valence-corrected chi connectivity index (χ1v) is 6.81. The number of aliphatic hydroxyl groups is 1. The van der Waals surface area contributed by atoms with Crippen molar-refractivity contribution in [2.24, 2.45) is 0 Å². The minimum Gasteiger partial charge on any atom is -0.493 e. The molecule has 1 fully saturated rings. The lowest BCUT2D eigenvalue weighted by Crippen LogP contribution is -2.34. The molecular weight excluding hydrogens is 300 g/mol. The van der Waals surface area contributed by atoms with Gasteiger partial charge in [0.25, 0.3) is 0 Å². The normalized spacial score (nSPS) is 21.6. The Morgan fingerprint density at radius 3 is 3.00 bits per heavy atom. The summed E-state index contributed by atoms with van der Waals surface area (Å²) in [4.78, 5) is 0. The van der Waals surface area contributed by atoms with Crippen LogP contribution < -0.4 is 4.74 Å². The van der Waals surface area contributed by atoms with Crippen LogP contribution in [0.25, 0.3) is 0 Å². The molecule has 1 aromatic carbocycles. The van der Waals surface area contributed by atoms with E-state index >= 15 is 0 Å². The predicted octanol–water partition coefficient (Wildman–Crippen LogP) is 2.30. The van der Waals surface area contributed by atoms with Crippen LogP contribution in [0, 0.1) is 0 Å². The van der Waals surface area contributed by atoms with E-state index in [-0.39, 0.29) is 6.10 Å². The smallest absolute Gasteiger partial charge is 0.125 e. The Kier molecular flexibility index (Phi) is 5.00. The van der Waals surface area contributed by atoms with Gasteiger partial charge in [0.2, 0.25) is 0 Å². The minimum absolute atomic E-state index is 0.341. The van der Waals surface area contributed by atoms with Gasteiger partial charge in [0, 0.05) is 10.0 Å². The van der Waals surface area contributed by atoms with Gasteiger partial charge in [-0.05, 0) is 25.1 Å². The summed E-state index contributed by atoms with van der Waals surface area (Å²) in [6, 6.07) is 5.59. The summed E-state index contributed by atoms with van der Waals surface area (Å²) >= 11 is 3.40. The molecule has 2 rings (SSSR count). The van der Waals surface area contributed by atoms with Crippen LogP contribution in [0.2, 0.25) is 0 Å². The Morgan fingerprint density at radius 1 is 1.50 bits per heavy atom. The standard InChI is InChI=1S/C13H17BrO4/c1-2-17-11-4-3-9(14)7-10(11)13(15)12-8-16-5-6-18-12/h3-4,7,12-13,15H,2,5-6,8H2,1H3. The van der Waals surface area contributed by atoms with Crippen LogP contribution in [0.1, 0.15) is 18.6 Å². The highest BCUT2D eigenvalue weighted by molar-refractivity contribution is 9.10. The van der Waals surface area contributed by atoms with E-state index in [1.54, 1.807) is 0 Å². The number of rotatable bonds is 4. The van der Waals surface area contributed by atoms with Crippen LogP contribution in [-0.4, -0.2) is 37.6 Å². The van der Waals surface area contributed by atoms with Gasteiger partial charge < -0.3 is 19.3 Å². The molecule has 0 radical (unpaired) electrons. The quantitative estimate of drug-likeness (QED) is 0.926. The fourth-order valence-corrected chi connectivity index (χ4v) is 2.30. The summed E-state index contributed by atoms with van der Waals surface area (Å²) < 4.78 is 17.3. The number of hydrogen-bond acceptors (Lipinski definition) is 4. The van der Waals surface area contributed by atoms with Crippen LogP contribution in [0.5, 0.6) is 5.75 Å². The fourth-order valence-electron chi connectivity index (χ4n) is 1.93. The summed E-state index contributed by atoms with van der Waals surface area (Å²) in [7, 11) is 0. The van der Waals surface area contributed by atoms with E-state index in [9.17, 15) is 5.11 Å². The molecule has 1 heterocycles. The molecule has 1 aromatic rings. The number of hydrogen-bond donors (Lipinski definition) is 1. The lowest BCUT2D eigenvalue weighted by molar-refractivity contribution is -0.133. The molecular formula is C13H17BrO4. The van der Waals surface area contributed by atoms with E-state index in [1.807, 2.05) is 25.1 Å². The second kappa shape index (κ2) is 6.52. The molecule has 2 unspecified atom stereocenters. The zero-order valence-electron chi connectivity index (χ0n) is 10.3. The van der Waals surface area contributed by atoms with Crippen LogP contribution in [0.3, 0.4) is 0 Å². The molecule has 1 aliphatic heterocycles. The lowest BCUT2D eigenvalue weighted by Gasteiger charge is -2.28. The Hall–Kier alpha value is -0.620. The van der Waals surface area contributed by atoms with Gasteiger partial charge in [-0.15, -0.1) is 0 Å². The van der Waals surface area contributed by atoms with Gasteiger partial charge in [-0.1, -0.05) is 15.9 Å². The van der Waals surface area contributed by atoms with Crippen molar-refractivity contribution in [1.82, 2.24) is 0 Å². The highest BCUT2D eigenvalue weighted by Gasteiger charge is 2.27. The van der Waals surface area contributed by atoms with E-state index in [2.05, 4.69) is 15.9 Å². The van der Waals surface area contributed by atoms with Crippen LogP contribution in [0.4, 0.5) is 0 Å². The zero-order chi connectivity index (χ0) is 13.0. The molecule has 0 amide bonds. The Balaban J connectivity index is 2.21. The number of benzene rings is 1. The molecule has 2 atom stereocenters. The van der Waals surface area contributed by atoms with E-state index in [0.29, 0.717) is 32.2 Å². The van der Waals surface area contributed by atoms with Crippen molar-refractivity contribution in [1.29, 1.82) is 0 Å². The highest BCUT2D eigenvalue weighted by atomic mass is 79.9. The van der Waals surface area contributed by atoms with Crippen molar-refractivity contribution >= 4 is 15.9 Å². The van der Waals surface area contributed by atoms with Crippen LogP contribution in [0.15, 0.2) is 22.7 Å². The van der Waals surface area contributed by atoms with E-state index in [4.69, 9.17) is 14.2 Å². The molecule has 4 nitrogen and oxygen atoms in total. The average molecular weight is 317 g/mol. The molecule has 18 heavy (non-hydrogen) atoms. The maximum absolute atomic E-state index is 10.4. The summed E-state index contributed by atoms with van der Waals surface area (Å²) in [6.45, 7) is 3.97. The monoisotopic (exact) mass is 316 g/mol. The maximum Gasteiger partial charge on any atom is 0.125 e. The van der Waals surface area contributed by atoms with E-state index in [1.165, 1.54) is 0 Å². The summed E-state index contributed by atoms with van der Waals surface area (Å²) in [6.07, 6.45) is -1.09. The molecule has 1 N–H and O–H groups in total. The first-order valence-electron chi connectivity index (χ1n) is 6.02. The van der Waals surface area contributed by atoms with Crippen molar-refractivity contribution in [3.63, 3.8) is 0 Å². The van der Waals surface area contributed by atoms with Crippen LogP contribution >= 0.6 is 15.9 Å². The zero-order valence-corrected chi connectivity index (χ0v) is 11.9. The van der Waals surface area contributed by atoms with Crippen LogP contribution in [-0.2, 0) is 9.47 Å². The maximum atomic E-state index is 10.4. The second-order valence-electron chi connectivity index (χ2n) is 4.04. The van der Waals surface area contributed by atoms with Gasteiger partial charge in [0.05, 0.1) is 26.4 Å². The summed E-state index contributed by atoms with van der Waals surface area (Å²) in [5.41, 5.74) is 0.724. The first-order chi connectivity index (χ1) is 8.72. The third kappa shape index (κ3) is 3.23. The number of ether oxygens (including phenoxy) is 3. The fraction of sp³-hybridized carbons (Fsp3) is 0.538. The Labute approximate surface area is 115 Å². The van der Waals surface area contributed by atoms with Crippen molar-refractivity contribution in [2.45, 2.75) is 19.1 Å². The summed E-state index contributed by atoms with van der Waals surface area (Å²) in [5.74, 6) is 0.683. The average Bonchev–Trinajstić information content (AvgIpc) is 2.41. The minimum atomic E-state index is -0.746. The third-order valence-corrected chi connectivity index (χ3v) is 3.28. The lowest BCUT2D eigenvalue weighted by atomic mass is 10.0. The molecule has 5 heteroatoms. The molecule has 0 spiro atoms. The number of aliphatic hydroxyl groups excluding tert-OH is 1. The Morgan fingerprint density at radius 2 is 2.33 bits per heavy atom. The summed E-state index contributed by atoms with van der Waals surface area (Å²) in [5, 5.41) is 10.4. The van der Waals surface area contributed by atoms with Gasteiger partial charge in [0.1, 0.15) is 18.0 Å². The Bertz CT molecular complexity index is 391. The molecule has 0 aliphatic carbocycles. The molecule has 0 aromatic heterocycles. The van der Waals surface area contributed by atoms with Gasteiger partial charge >= 0.3 is 0 Å². The van der Waals surface area contributed by atoms with Crippen molar-refractivity contribution < 1.29 is 19.3 Å². The van der Waals surface area contributed by atoms with Gasteiger partial charge in [-0.3, -0.25) is 0 Å². The van der Waals surface area contributed by atoms with Gasteiger partial charge in [-0.2, -0.15) is 0 Å². The third-order valence-electron chi connectivity index (χ3n) is 2.78. The molecule has 0 saturated carbocycles. The van der Waals surface area contributed by atoms with Gasteiger partial charge in [0.15, 0.2) is 0 Å². The molecule has 1 aliphatic rings. The second-order valence-corrected chi connectivity index (χ2v) is 4.96. The first kappa shape index (κ1) is 13.8. The van der Waals surface area contributed by atoms with E-state index in [0.717, 1.165) is 10.0 Å². The SMILES string of the molecule is CCOc1ccc(Br)cc1C(O)C1COCCO1.